The number of nitrogen functional groups attached to an aromatic ring is 1. The van der Waals surface area contributed by atoms with E-state index in [9.17, 15) is 8.42 Å². The van der Waals surface area contributed by atoms with Gasteiger partial charge in [0.2, 0.25) is 5.13 Å². The zero-order valence-electron chi connectivity index (χ0n) is 14.8. The molecule has 2 heterocycles. The molecule has 13 heteroatoms. The molecule has 4 N–H and O–H groups in total. The van der Waals surface area contributed by atoms with Crippen molar-refractivity contribution in [3.05, 3.63) is 59.0 Å². The summed E-state index contributed by atoms with van der Waals surface area (Å²) in [7, 11) is -3.88. The molecule has 0 aliphatic carbocycles. The number of hydrogen-bond acceptors (Lipinski definition) is 8. The Kier molecular flexibility index (Phi) is 5.52. The second kappa shape index (κ2) is 8.11. The zero-order valence-corrected chi connectivity index (χ0v) is 18.0. The molecule has 2 aromatic carbocycles. The van der Waals surface area contributed by atoms with E-state index in [-0.39, 0.29) is 20.8 Å². The SMILES string of the molecule is Nc1[nH]ncc1-c1cc(Cl)ccc1Oc1ccc(S(=O)(=O)Nc2ncns2)cc1Cl. The summed E-state index contributed by atoms with van der Waals surface area (Å²) in [5.74, 6) is 1.01. The lowest BCUT2D eigenvalue weighted by Gasteiger charge is -2.13. The molecule has 2 aromatic heterocycles. The van der Waals surface area contributed by atoms with E-state index in [1.807, 2.05) is 0 Å². The number of aromatic amines is 1. The molecular weight excluding hydrogens is 471 g/mol. The third-order valence-electron chi connectivity index (χ3n) is 3.92. The monoisotopic (exact) mass is 482 g/mol. The van der Waals surface area contributed by atoms with Crippen LogP contribution in [0.25, 0.3) is 11.1 Å². The third-order valence-corrected chi connectivity index (χ3v) is 6.49. The molecule has 30 heavy (non-hydrogen) atoms. The molecule has 0 atom stereocenters. The van der Waals surface area contributed by atoms with Crippen LogP contribution in [0.5, 0.6) is 11.5 Å². The molecule has 154 valence electrons. The normalized spacial score (nSPS) is 11.4. The Labute approximate surface area is 185 Å². The Morgan fingerprint density at radius 1 is 1.10 bits per heavy atom. The lowest BCUT2D eigenvalue weighted by molar-refractivity contribution is 0.484. The number of aromatic nitrogens is 4. The second-order valence-corrected chi connectivity index (χ2v) is 9.19. The van der Waals surface area contributed by atoms with E-state index in [0.717, 1.165) is 11.5 Å². The zero-order chi connectivity index (χ0) is 21.3. The summed E-state index contributed by atoms with van der Waals surface area (Å²) in [6.45, 7) is 0. The van der Waals surface area contributed by atoms with E-state index < -0.39 is 10.0 Å². The van der Waals surface area contributed by atoms with Crippen LogP contribution in [0.2, 0.25) is 10.0 Å². The van der Waals surface area contributed by atoms with Crippen molar-refractivity contribution in [1.82, 2.24) is 19.6 Å². The Hall–Kier alpha value is -2.86. The summed E-state index contributed by atoms with van der Waals surface area (Å²) in [5.41, 5.74) is 7.11. The Balaban J connectivity index is 1.65. The van der Waals surface area contributed by atoms with E-state index in [1.165, 1.54) is 24.5 Å². The van der Waals surface area contributed by atoms with E-state index in [0.29, 0.717) is 27.7 Å². The quantitative estimate of drug-likeness (QED) is 0.370. The molecule has 0 unspecified atom stereocenters. The van der Waals surface area contributed by atoms with E-state index in [4.69, 9.17) is 33.7 Å². The van der Waals surface area contributed by atoms with Crippen LogP contribution in [0.3, 0.4) is 0 Å². The predicted molar refractivity (Wildman–Crippen MR) is 116 cm³/mol. The first kappa shape index (κ1) is 20.4. The van der Waals surface area contributed by atoms with Crippen LogP contribution in [0, 0.1) is 0 Å². The summed E-state index contributed by atoms with van der Waals surface area (Å²) < 4.78 is 37.0. The van der Waals surface area contributed by atoms with Gasteiger partial charge in [0.1, 0.15) is 23.6 Å². The average molecular weight is 483 g/mol. The molecule has 0 saturated carbocycles. The fourth-order valence-electron chi connectivity index (χ4n) is 2.55. The van der Waals surface area contributed by atoms with Gasteiger partial charge in [0.05, 0.1) is 16.1 Å². The van der Waals surface area contributed by atoms with Gasteiger partial charge in [0.15, 0.2) is 0 Å². The minimum atomic E-state index is -3.88. The van der Waals surface area contributed by atoms with Crippen LogP contribution in [0.15, 0.2) is 53.8 Å². The van der Waals surface area contributed by atoms with E-state index in [2.05, 4.69) is 24.3 Å². The summed E-state index contributed by atoms with van der Waals surface area (Å²) in [6, 6.07) is 9.08. The summed E-state index contributed by atoms with van der Waals surface area (Å²) >= 11 is 13.3. The predicted octanol–water partition coefficient (Wildman–Crippen LogP) is 4.41. The number of sulfonamides is 1. The van der Waals surface area contributed by atoms with Crippen molar-refractivity contribution in [2.24, 2.45) is 0 Å². The Morgan fingerprint density at radius 2 is 1.90 bits per heavy atom. The summed E-state index contributed by atoms with van der Waals surface area (Å²) in [5, 5.41) is 7.28. The van der Waals surface area contributed by atoms with E-state index >= 15 is 0 Å². The number of nitrogens with two attached hydrogens (primary N) is 1. The van der Waals surface area contributed by atoms with Crippen molar-refractivity contribution in [1.29, 1.82) is 0 Å². The highest BCUT2D eigenvalue weighted by Crippen LogP contribution is 2.39. The molecule has 0 radical (unpaired) electrons. The number of H-pyrrole nitrogens is 1. The van der Waals surface area contributed by atoms with Crippen molar-refractivity contribution >= 4 is 55.7 Å². The van der Waals surface area contributed by atoms with Crippen molar-refractivity contribution in [3.63, 3.8) is 0 Å². The van der Waals surface area contributed by atoms with Crippen LogP contribution in [0.1, 0.15) is 0 Å². The smallest absolute Gasteiger partial charge is 0.263 e. The fourth-order valence-corrected chi connectivity index (χ4v) is 4.70. The van der Waals surface area contributed by atoms with Gasteiger partial charge >= 0.3 is 0 Å². The van der Waals surface area contributed by atoms with Crippen molar-refractivity contribution < 1.29 is 13.2 Å². The number of anilines is 2. The molecule has 0 fully saturated rings. The molecule has 0 amide bonds. The Morgan fingerprint density at radius 3 is 2.57 bits per heavy atom. The van der Waals surface area contributed by atoms with Crippen LogP contribution >= 0.6 is 34.7 Å². The van der Waals surface area contributed by atoms with Gasteiger partial charge in [-0.15, -0.1) is 0 Å². The fraction of sp³-hybridized carbons (Fsp3) is 0. The Bertz CT molecular complexity index is 1310. The van der Waals surface area contributed by atoms with Crippen molar-refractivity contribution in [2.75, 3.05) is 10.5 Å². The van der Waals surface area contributed by atoms with Crippen molar-refractivity contribution in [3.8, 4) is 22.6 Å². The summed E-state index contributed by atoms with van der Waals surface area (Å²) in [4.78, 5) is 3.75. The van der Waals surface area contributed by atoms with Crippen LogP contribution in [0.4, 0.5) is 10.9 Å². The number of nitrogens with one attached hydrogen (secondary N) is 2. The molecule has 0 aliphatic rings. The molecular formula is C17H12Cl2N6O3S2. The number of benzene rings is 2. The van der Waals surface area contributed by atoms with E-state index in [1.54, 1.807) is 24.4 Å². The molecule has 4 aromatic rings. The summed E-state index contributed by atoms with van der Waals surface area (Å²) in [6.07, 6.45) is 2.80. The van der Waals surface area contributed by atoms with Crippen molar-refractivity contribution in [2.45, 2.75) is 4.90 Å². The first-order chi connectivity index (χ1) is 14.3. The second-order valence-electron chi connectivity index (χ2n) is 5.88. The van der Waals surface area contributed by atoms with Gasteiger partial charge in [-0.1, -0.05) is 23.2 Å². The number of ether oxygens (including phenoxy) is 1. The van der Waals surface area contributed by atoms with Gasteiger partial charge in [0, 0.05) is 27.7 Å². The van der Waals surface area contributed by atoms with Crippen LogP contribution in [-0.4, -0.2) is 28.0 Å². The molecule has 0 bridgehead atoms. The van der Waals surface area contributed by atoms with Crippen LogP contribution < -0.4 is 15.2 Å². The minimum Gasteiger partial charge on any atom is -0.455 e. The first-order valence-corrected chi connectivity index (χ1v) is 11.2. The lowest BCUT2D eigenvalue weighted by Crippen LogP contribution is -2.12. The molecule has 4 rings (SSSR count). The first-order valence-electron chi connectivity index (χ1n) is 8.19. The molecule has 0 aliphatic heterocycles. The van der Waals surface area contributed by atoms with Gasteiger partial charge in [-0.3, -0.25) is 9.82 Å². The topological polar surface area (TPSA) is 136 Å². The van der Waals surface area contributed by atoms with Gasteiger partial charge in [-0.25, -0.2) is 13.4 Å². The average Bonchev–Trinajstić information content (AvgIpc) is 3.35. The highest BCUT2D eigenvalue weighted by atomic mass is 35.5. The number of hydrogen-bond donors (Lipinski definition) is 3. The maximum absolute atomic E-state index is 12.5. The molecule has 0 saturated heterocycles. The van der Waals surface area contributed by atoms with Gasteiger partial charge < -0.3 is 10.5 Å². The number of nitrogens with zero attached hydrogens (tertiary/aromatic N) is 3. The maximum atomic E-state index is 12.5. The highest BCUT2D eigenvalue weighted by Gasteiger charge is 2.19. The van der Waals surface area contributed by atoms with Gasteiger partial charge in [0.25, 0.3) is 10.0 Å². The minimum absolute atomic E-state index is 0.0505. The maximum Gasteiger partial charge on any atom is 0.263 e. The largest absolute Gasteiger partial charge is 0.455 e. The van der Waals surface area contributed by atoms with Crippen LogP contribution in [-0.2, 0) is 10.0 Å². The van der Waals surface area contributed by atoms with Gasteiger partial charge in [-0.05, 0) is 36.4 Å². The highest BCUT2D eigenvalue weighted by molar-refractivity contribution is 7.93. The molecule has 0 spiro atoms. The number of halogens is 2. The molecule has 9 nitrogen and oxygen atoms in total. The lowest BCUT2D eigenvalue weighted by atomic mass is 10.1. The number of rotatable bonds is 6. The van der Waals surface area contributed by atoms with Gasteiger partial charge in [-0.2, -0.15) is 9.47 Å². The third kappa shape index (κ3) is 4.19. The standard InChI is InChI=1S/C17H12Cl2N6O3S2/c18-9-1-3-14(11(5-9)12-7-22-24-16(12)20)28-15-4-2-10(6-13(15)19)30(26,27)25-17-21-8-23-29-17/h1-8H,(H3,20,22,24)(H,21,23,25).